The first kappa shape index (κ1) is 30.6. The zero-order valence-corrected chi connectivity index (χ0v) is 23.9. The number of rotatable bonds is 10. The number of allylic oxidation sites excluding steroid dienone is 3. The van der Waals surface area contributed by atoms with Gasteiger partial charge < -0.3 is 25.7 Å². The molecule has 3 aliphatic rings. The van der Waals surface area contributed by atoms with Crippen molar-refractivity contribution in [2.45, 2.75) is 58.7 Å². The Morgan fingerprint density at radius 1 is 1.10 bits per heavy atom. The lowest BCUT2D eigenvalue weighted by Gasteiger charge is -2.32. The number of piperidine rings is 1. The highest BCUT2D eigenvalue weighted by atomic mass is 19.4. The van der Waals surface area contributed by atoms with E-state index in [1.807, 2.05) is 20.8 Å². The summed E-state index contributed by atoms with van der Waals surface area (Å²) >= 11 is 0. The summed E-state index contributed by atoms with van der Waals surface area (Å²) in [6, 6.07) is 4.34. The highest BCUT2D eigenvalue weighted by Gasteiger charge is 2.31. The molecule has 2 amide bonds. The zero-order valence-electron chi connectivity index (χ0n) is 23.9. The smallest absolute Gasteiger partial charge is 0.390 e. The van der Waals surface area contributed by atoms with Crippen molar-refractivity contribution in [1.29, 1.82) is 5.41 Å². The van der Waals surface area contributed by atoms with E-state index >= 15 is 0 Å². The molecule has 1 aromatic carbocycles. The Bertz CT molecular complexity index is 1240. The normalized spacial score (nSPS) is 20.2. The molecule has 0 aromatic heterocycles. The van der Waals surface area contributed by atoms with Gasteiger partial charge in [0, 0.05) is 55.7 Å². The minimum absolute atomic E-state index is 0.0695. The Morgan fingerprint density at radius 3 is 2.37 bits per heavy atom. The number of hydrogen-bond donors (Lipinski definition) is 3. The Kier molecular flexibility index (Phi) is 9.73. The highest BCUT2D eigenvalue weighted by Crippen LogP contribution is 2.31. The van der Waals surface area contributed by atoms with Gasteiger partial charge in [0.25, 0.3) is 11.8 Å². The van der Waals surface area contributed by atoms with Gasteiger partial charge in [-0.1, -0.05) is 0 Å². The van der Waals surface area contributed by atoms with Crippen LogP contribution in [-0.4, -0.2) is 61.3 Å². The second kappa shape index (κ2) is 13.1. The lowest BCUT2D eigenvalue weighted by Crippen LogP contribution is -2.40. The minimum Gasteiger partial charge on any atom is -0.390 e. The Balaban J connectivity index is 1.27. The van der Waals surface area contributed by atoms with E-state index in [1.54, 1.807) is 17.2 Å². The molecule has 0 spiro atoms. The van der Waals surface area contributed by atoms with Crippen molar-refractivity contribution in [3.8, 4) is 0 Å². The first-order valence-corrected chi connectivity index (χ1v) is 14.2. The number of halogens is 3. The van der Waals surface area contributed by atoms with Crippen molar-refractivity contribution in [3.05, 3.63) is 70.0 Å². The number of nitrogens with zero attached hydrogens (tertiary/aromatic N) is 1. The van der Waals surface area contributed by atoms with Crippen LogP contribution in [0.5, 0.6) is 0 Å². The van der Waals surface area contributed by atoms with Gasteiger partial charge in [-0.15, -0.1) is 0 Å². The van der Waals surface area contributed by atoms with Gasteiger partial charge >= 0.3 is 6.18 Å². The minimum atomic E-state index is -4.43. The van der Waals surface area contributed by atoms with E-state index in [0.29, 0.717) is 54.9 Å². The first-order chi connectivity index (χ1) is 19.4. The quantitative estimate of drug-likeness (QED) is 0.357. The molecule has 10 heteroatoms. The third-order valence-electron chi connectivity index (χ3n) is 7.93. The molecule has 222 valence electrons. The van der Waals surface area contributed by atoms with Crippen LogP contribution in [0.3, 0.4) is 0 Å². The van der Waals surface area contributed by atoms with E-state index in [2.05, 4.69) is 10.6 Å². The first-order valence-electron chi connectivity index (χ1n) is 14.2. The van der Waals surface area contributed by atoms with Gasteiger partial charge in [0.15, 0.2) is 0 Å². The molecule has 1 saturated heterocycles. The van der Waals surface area contributed by atoms with Gasteiger partial charge in [0.1, 0.15) is 0 Å². The van der Waals surface area contributed by atoms with E-state index in [4.69, 9.17) is 10.1 Å². The molecule has 0 radical (unpaired) electrons. The molecule has 3 N–H and O–H groups in total. The Labute approximate surface area is 239 Å². The zero-order chi connectivity index (χ0) is 29.7. The molecule has 1 heterocycles. The number of carbonyl (C=O) groups is 2. The summed E-state index contributed by atoms with van der Waals surface area (Å²) in [6.07, 6.45) is 2.93. The predicted molar refractivity (Wildman–Crippen MR) is 151 cm³/mol. The predicted octanol–water partition coefficient (Wildman–Crippen LogP) is 5.26. The van der Waals surface area contributed by atoms with Gasteiger partial charge in [-0.05, 0) is 99.8 Å². The third kappa shape index (κ3) is 8.09. The number of nitrogens with one attached hydrogen (secondary N) is 3. The fraction of sp³-hybridized carbons (Fsp3) is 0.516. The van der Waals surface area contributed by atoms with Gasteiger partial charge in [0.2, 0.25) is 0 Å². The molecular formula is C31H39F3N4O3. The molecule has 4 rings (SSSR count). The standard InChI is InChI=1S/C31H39F3N4O3/c1-19-14-27(35)26(21(3)28(19)29(39)37-15-20(2)41-18-23-4-5-23)17-36-16-22-10-12-38(13-11-22)30(40)24-6-8-25(9-7-24)31(32,33)34/h6-9,14,17,20,22-23,35-36H,4-5,10-13,15-16,18H2,1-3H3,(H,37,39)/b26-17-,35-27?. The third-order valence-corrected chi connectivity index (χ3v) is 7.93. The maximum Gasteiger partial charge on any atom is 0.416 e. The monoisotopic (exact) mass is 572 g/mol. The van der Waals surface area contributed by atoms with E-state index < -0.39 is 11.7 Å². The van der Waals surface area contributed by atoms with Crippen LogP contribution in [0.25, 0.3) is 0 Å². The van der Waals surface area contributed by atoms with Gasteiger partial charge in [-0.2, -0.15) is 13.2 Å². The van der Waals surface area contributed by atoms with Crippen molar-refractivity contribution in [1.82, 2.24) is 15.5 Å². The largest absolute Gasteiger partial charge is 0.416 e. The maximum atomic E-state index is 13.0. The molecule has 7 nitrogen and oxygen atoms in total. The van der Waals surface area contributed by atoms with Crippen LogP contribution >= 0.6 is 0 Å². The van der Waals surface area contributed by atoms with Crippen LogP contribution in [0.1, 0.15) is 62.4 Å². The SMILES string of the molecule is CC1=CC(=N)/C(=C\NCC2CCN(C(=O)c3ccc(C(F)(F)F)cc3)CC2)C(C)=C1C(=O)NCC(C)OCC1CC1. The number of hydrogen-bond acceptors (Lipinski definition) is 5. The number of amides is 2. The molecule has 1 saturated carbocycles. The Morgan fingerprint density at radius 2 is 1.76 bits per heavy atom. The molecule has 41 heavy (non-hydrogen) atoms. The molecule has 1 atom stereocenters. The number of likely N-dealkylation sites (tertiary alicyclic amines) is 1. The topological polar surface area (TPSA) is 94.5 Å². The van der Waals surface area contributed by atoms with Crippen molar-refractivity contribution < 1.29 is 27.5 Å². The van der Waals surface area contributed by atoms with Crippen LogP contribution < -0.4 is 10.6 Å². The van der Waals surface area contributed by atoms with E-state index in [1.165, 1.54) is 25.0 Å². The van der Waals surface area contributed by atoms with Crippen molar-refractivity contribution in [2.24, 2.45) is 11.8 Å². The number of carbonyl (C=O) groups excluding carboxylic acids is 2. The number of ether oxygens (including phenoxy) is 1. The lowest BCUT2D eigenvalue weighted by molar-refractivity contribution is -0.137. The molecule has 1 unspecified atom stereocenters. The number of alkyl halides is 3. The summed E-state index contributed by atoms with van der Waals surface area (Å²) in [4.78, 5) is 27.5. The highest BCUT2D eigenvalue weighted by molar-refractivity contribution is 6.15. The summed E-state index contributed by atoms with van der Waals surface area (Å²) < 4.78 is 44.2. The number of benzene rings is 1. The molecule has 2 aliphatic carbocycles. The van der Waals surface area contributed by atoms with Gasteiger partial charge in [-0.25, -0.2) is 0 Å². The summed E-state index contributed by atoms with van der Waals surface area (Å²) in [5, 5.41) is 14.7. The van der Waals surface area contributed by atoms with Crippen molar-refractivity contribution in [3.63, 3.8) is 0 Å². The van der Waals surface area contributed by atoms with Crippen LogP contribution in [0.2, 0.25) is 0 Å². The van der Waals surface area contributed by atoms with Crippen LogP contribution in [0, 0.1) is 17.2 Å². The molecule has 0 bridgehead atoms. The van der Waals surface area contributed by atoms with E-state index in [0.717, 1.165) is 42.7 Å². The lowest BCUT2D eigenvalue weighted by atomic mass is 9.87. The molecule has 1 aromatic rings. The fourth-order valence-corrected chi connectivity index (χ4v) is 5.16. The fourth-order valence-electron chi connectivity index (χ4n) is 5.16. The van der Waals surface area contributed by atoms with Gasteiger partial charge in [0.05, 0.1) is 17.4 Å². The molecular weight excluding hydrogens is 533 g/mol. The van der Waals surface area contributed by atoms with Crippen LogP contribution in [0.15, 0.2) is 58.8 Å². The van der Waals surface area contributed by atoms with Crippen LogP contribution in [-0.2, 0) is 15.7 Å². The molecule has 2 fully saturated rings. The van der Waals surface area contributed by atoms with Gasteiger partial charge in [-0.3, -0.25) is 9.59 Å². The second-order valence-electron chi connectivity index (χ2n) is 11.3. The average molecular weight is 573 g/mol. The van der Waals surface area contributed by atoms with E-state index in [-0.39, 0.29) is 23.5 Å². The van der Waals surface area contributed by atoms with Crippen molar-refractivity contribution >= 4 is 17.5 Å². The van der Waals surface area contributed by atoms with Crippen molar-refractivity contribution in [2.75, 3.05) is 32.8 Å². The second-order valence-corrected chi connectivity index (χ2v) is 11.3. The summed E-state index contributed by atoms with van der Waals surface area (Å²) in [5.74, 6) is 0.514. The summed E-state index contributed by atoms with van der Waals surface area (Å²) in [5.41, 5.74) is 2.53. The average Bonchev–Trinajstić information content (AvgIpc) is 3.76. The van der Waals surface area contributed by atoms with Crippen LogP contribution in [0.4, 0.5) is 13.2 Å². The molecule has 1 aliphatic heterocycles. The Hall–Kier alpha value is -3.40. The summed E-state index contributed by atoms with van der Waals surface area (Å²) in [6.45, 7) is 8.49. The summed E-state index contributed by atoms with van der Waals surface area (Å²) in [7, 11) is 0. The van der Waals surface area contributed by atoms with E-state index in [9.17, 15) is 22.8 Å². The maximum absolute atomic E-state index is 13.0.